The predicted octanol–water partition coefficient (Wildman–Crippen LogP) is 0.960. The summed E-state index contributed by atoms with van der Waals surface area (Å²) in [4.78, 5) is 10.4. The number of amides is 2. The first-order chi connectivity index (χ1) is 6.20. The largest absolute Gasteiger partial charge is 0.351 e. The van der Waals surface area contributed by atoms with Crippen LogP contribution in [0.25, 0.3) is 0 Å². The van der Waals surface area contributed by atoms with E-state index >= 15 is 0 Å². The number of rotatable bonds is 3. The fraction of sp³-hybridized carbons (Fsp3) is 0.125. The zero-order valence-electron chi connectivity index (χ0n) is 6.94. The van der Waals surface area contributed by atoms with E-state index in [4.69, 9.17) is 11.5 Å². The molecule has 0 saturated heterocycles. The van der Waals surface area contributed by atoms with Crippen LogP contribution >= 0.6 is 11.9 Å². The Labute approximate surface area is 80.8 Å². The summed E-state index contributed by atoms with van der Waals surface area (Å²) in [6, 6.07) is 8.87. The van der Waals surface area contributed by atoms with E-state index in [-0.39, 0.29) is 5.37 Å². The number of carbonyl (C=O) groups is 1. The van der Waals surface area contributed by atoms with Crippen molar-refractivity contribution >= 4 is 18.0 Å². The Balaban J connectivity index is 2.49. The molecule has 0 heterocycles. The maximum Gasteiger partial charge on any atom is 0.322 e. The molecule has 1 aromatic rings. The summed E-state index contributed by atoms with van der Waals surface area (Å²) in [5.74, 6) is 0. The zero-order valence-corrected chi connectivity index (χ0v) is 7.75. The Morgan fingerprint density at radius 1 is 1.38 bits per heavy atom. The van der Waals surface area contributed by atoms with Gasteiger partial charge in [-0.25, -0.2) is 4.79 Å². The molecule has 0 radical (unpaired) electrons. The second-order valence-corrected chi connectivity index (χ2v) is 3.36. The molecule has 4 nitrogen and oxygen atoms in total. The Morgan fingerprint density at radius 2 is 2.00 bits per heavy atom. The first-order valence-electron chi connectivity index (χ1n) is 3.72. The second kappa shape index (κ2) is 4.74. The van der Waals surface area contributed by atoms with Crippen LogP contribution < -0.4 is 16.2 Å². The Kier molecular flexibility index (Phi) is 3.60. The van der Waals surface area contributed by atoms with Crippen molar-refractivity contribution in [1.82, 2.24) is 4.72 Å². The van der Waals surface area contributed by atoms with Crippen molar-refractivity contribution in [3.8, 4) is 0 Å². The van der Waals surface area contributed by atoms with Crippen LogP contribution in [0.4, 0.5) is 4.79 Å². The summed E-state index contributed by atoms with van der Waals surface area (Å²) in [5, 5.41) is -0.284. The molecular formula is C8H11N3OS. The summed E-state index contributed by atoms with van der Waals surface area (Å²) < 4.78 is 2.37. The van der Waals surface area contributed by atoms with Gasteiger partial charge in [-0.2, -0.15) is 0 Å². The van der Waals surface area contributed by atoms with Gasteiger partial charge in [0.1, 0.15) is 0 Å². The standard InChI is InChI=1S/C8H11N3OS/c9-7(13-11-8(10)12)6-4-2-1-3-5-6/h1-5,7H,9H2,(H3,10,11,12). The van der Waals surface area contributed by atoms with Crippen LogP contribution in [-0.4, -0.2) is 6.03 Å². The minimum absolute atomic E-state index is 0.284. The van der Waals surface area contributed by atoms with Gasteiger partial charge in [0, 0.05) is 0 Å². The smallest absolute Gasteiger partial charge is 0.322 e. The van der Waals surface area contributed by atoms with E-state index in [9.17, 15) is 4.79 Å². The maximum absolute atomic E-state index is 10.4. The molecule has 0 bridgehead atoms. The summed E-state index contributed by atoms with van der Waals surface area (Å²) in [6.45, 7) is 0. The van der Waals surface area contributed by atoms with Gasteiger partial charge in [0.2, 0.25) is 0 Å². The van der Waals surface area contributed by atoms with Gasteiger partial charge in [0.25, 0.3) is 0 Å². The lowest BCUT2D eigenvalue weighted by molar-refractivity contribution is 0.254. The zero-order chi connectivity index (χ0) is 9.68. The highest BCUT2D eigenvalue weighted by molar-refractivity contribution is 7.98. The number of carbonyl (C=O) groups excluding carboxylic acids is 1. The van der Waals surface area contributed by atoms with E-state index < -0.39 is 6.03 Å². The van der Waals surface area contributed by atoms with Gasteiger partial charge in [0.15, 0.2) is 0 Å². The summed E-state index contributed by atoms with van der Waals surface area (Å²) in [5.41, 5.74) is 11.6. The molecule has 0 spiro atoms. The molecule has 0 aliphatic carbocycles. The molecule has 1 unspecified atom stereocenters. The quantitative estimate of drug-likeness (QED) is 0.498. The van der Waals surface area contributed by atoms with Crippen molar-refractivity contribution < 1.29 is 4.79 Å². The first kappa shape index (κ1) is 9.88. The van der Waals surface area contributed by atoms with Crippen LogP contribution in [0.15, 0.2) is 30.3 Å². The van der Waals surface area contributed by atoms with Crippen molar-refractivity contribution in [1.29, 1.82) is 0 Å². The van der Waals surface area contributed by atoms with Gasteiger partial charge in [-0.05, 0) is 17.5 Å². The summed E-state index contributed by atoms with van der Waals surface area (Å²) in [6.07, 6.45) is 0. The van der Waals surface area contributed by atoms with Crippen LogP contribution in [0.5, 0.6) is 0 Å². The van der Waals surface area contributed by atoms with Crippen LogP contribution in [0.3, 0.4) is 0 Å². The lowest BCUT2D eigenvalue weighted by Crippen LogP contribution is -2.25. The fourth-order valence-electron chi connectivity index (χ4n) is 0.832. The molecule has 5 N–H and O–H groups in total. The van der Waals surface area contributed by atoms with Crippen molar-refractivity contribution in [3.63, 3.8) is 0 Å². The van der Waals surface area contributed by atoms with E-state index in [1.54, 1.807) is 0 Å². The minimum Gasteiger partial charge on any atom is -0.351 e. The van der Waals surface area contributed by atoms with Crippen LogP contribution in [-0.2, 0) is 0 Å². The first-order valence-corrected chi connectivity index (χ1v) is 4.59. The third-order valence-electron chi connectivity index (χ3n) is 1.41. The molecule has 0 fully saturated rings. The third kappa shape index (κ3) is 3.35. The van der Waals surface area contributed by atoms with Gasteiger partial charge < -0.3 is 11.5 Å². The van der Waals surface area contributed by atoms with E-state index in [1.807, 2.05) is 30.3 Å². The molecular weight excluding hydrogens is 186 g/mol. The minimum atomic E-state index is -0.587. The predicted molar refractivity (Wildman–Crippen MR) is 53.7 cm³/mol. The van der Waals surface area contributed by atoms with Gasteiger partial charge >= 0.3 is 6.03 Å². The number of nitrogens with two attached hydrogens (primary N) is 2. The molecule has 5 heteroatoms. The number of benzene rings is 1. The average molecular weight is 197 g/mol. The van der Waals surface area contributed by atoms with Crippen molar-refractivity contribution in [2.75, 3.05) is 0 Å². The highest BCUT2D eigenvalue weighted by Crippen LogP contribution is 2.19. The molecule has 13 heavy (non-hydrogen) atoms. The van der Waals surface area contributed by atoms with E-state index in [2.05, 4.69) is 4.72 Å². The van der Waals surface area contributed by atoms with Gasteiger partial charge in [-0.1, -0.05) is 30.3 Å². The lowest BCUT2D eigenvalue weighted by atomic mass is 10.2. The molecule has 1 aromatic carbocycles. The number of nitrogens with one attached hydrogen (secondary N) is 1. The van der Waals surface area contributed by atoms with Crippen molar-refractivity contribution in [2.45, 2.75) is 5.37 Å². The number of urea groups is 1. The van der Waals surface area contributed by atoms with E-state index in [0.29, 0.717) is 0 Å². The highest BCUT2D eigenvalue weighted by atomic mass is 32.2. The molecule has 0 aliphatic rings. The Morgan fingerprint density at radius 3 is 2.54 bits per heavy atom. The molecule has 0 aromatic heterocycles. The third-order valence-corrected chi connectivity index (χ3v) is 2.26. The average Bonchev–Trinajstić information content (AvgIpc) is 2.15. The van der Waals surface area contributed by atoms with Gasteiger partial charge in [-0.3, -0.25) is 4.72 Å². The van der Waals surface area contributed by atoms with Crippen molar-refractivity contribution in [2.24, 2.45) is 11.5 Å². The van der Waals surface area contributed by atoms with Gasteiger partial charge in [0.05, 0.1) is 5.37 Å². The number of hydrogen-bond donors (Lipinski definition) is 3. The molecule has 1 atom stereocenters. The van der Waals surface area contributed by atoms with Crippen LogP contribution in [0.2, 0.25) is 0 Å². The van der Waals surface area contributed by atoms with Crippen LogP contribution in [0.1, 0.15) is 10.9 Å². The summed E-state index contributed by atoms with van der Waals surface area (Å²) >= 11 is 1.09. The lowest BCUT2D eigenvalue weighted by Gasteiger charge is -2.10. The van der Waals surface area contributed by atoms with E-state index in [1.165, 1.54) is 0 Å². The SMILES string of the molecule is NC(=O)NSC(N)c1ccccc1. The monoisotopic (exact) mass is 197 g/mol. The Bertz CT molecular complexity index is 278. The van der Waals surface area contributed by atoms with Crippen molar-refractivity contribution in [3.05, 3.63) is 35.9 Å². The molecule has 1 rings (SSSR count). The number of hydrogen-bond acceptors (Lipinski definition) is 3. The maximum atomic E-state index is 10.4. The Hall–Kier alpha value is -1.20. The summed E-state index contributed by atoms with van der Waals surface area (Å²) in [7, 11) is 0. The highest BCUT2D eigenvalue weighted by Gasteiger charge is 2.05. The molecule has 0 saturated carbocycles. The van der Waals surface area contributed by atoms with E-state index in [0.717, 1.165) is 17.5 Å². The van der Waals surface area contributed by atoms with Gasteiger partial charge in [-0.15, -0.1) is 0 Å². The molecule has 2 amide bonds. The fourth-order valence-corrected chi connectivity index (χ4v) is 1.37. The molecule has 0 aliphatic heterocycles. The topological polar surface area (TPSA) is 81.1 Å². The normalized spacial score (nSPS) is 12.1. The second-order valence-electron chi connectivity index (χ2n) is 2.42. The molecule has 70 valence electrons. The number of primary amides is 1. The van der Waals surface area contributed by atoms with Crippen LogP contribution in [0, 0.1) is 0 Å².